The summed E-state index contributed by atoms with van der Waals surface area (Å²) in [6, 6.07) is 5.21. The molecule has 0 radical (unpaired) electrons. The van der Waals surface area contributed by atoms with Crippen molar-refractivity contribution in [3.8, 4) is 18.0 Å². The van der Waals surface area contributed by atoms with Gasteiger partial charge >= 0.3 is 0 Å². The smallest absolute Gasteiger partial charge is 0.231 e. The molecule has 0 saturated heterocycles. The molecule has 0 bridgehead atoms. The molecule has 17 heavy (non-hydrogen) atoms. The van der Waals surface area contributed by atoms with E-state index in [4.69, 9.17) is 25.1 Å². The molecule has 1 N–H and O–H groups in total. The maximum Gasteiger partial charge on any atom is 0.231 e. The van der Waals surface area contributed by atoms with Crippen LogP contribution in [0.4, 0.5) is 0 Å². The SMILES string of the molecule is N#Cc1cnc(OCCOCCO)c(C#N)c1. The fourth-order valence-electron chi connectivity index (χ4n) is 1.07. The van der Waals surface area contributed by atoms with Crippen molar-refractivity contribution in [2.24, 2.45) is 0 Å². The Morgan fingerprint density at radius 3 is 2.71 bits per heavy atom. The minimum Gasteiger partial charge on any atom is -0.474 e. The van der Waals surface area contributed by atoms with E-state index < -0.39 is 0 Å². The van der Waals surface area contributed by atoms with Gasteiger partial charge in [-0.2, -0.15) is 10.5 Å². The summed E-state index contributed by atoms with van der Waals surface area (Å²) >= 11 is 0. The van der Waals surface area contributed by atoms with E-state index in [0.29, 0.717) is 12.2 Å². The molecule has 88 valence electrons. The van der Waals surface area contributed by atoms with Crippen LogP contribution in [0, 0.1) is 22.7 Å². The highest BCUT2D eigenvalue weighted by Crippen LogP contribution is 2.14. The monoisotopic (exact) mass is 233 g/mol. The van der Waals surface area contributed by atoms with Gasteiger partial charge in [-0.05, 0) is 6.07 Å². The van der Waals surface area contributed by atoms with Crippen molar-refractivity contribution in [3.05, 3.63) is 23.4 Å². The van der Waals surface area contributed by atoms with Crippen LogP contribution in [0.1, 0.15) is 11.1 Å². The Labute approximate surface area is 98.6 Å². The topological polar surface area (TPSA) is 99.2 Å². The molecular formula is C11H11N3O3. The van der Waals surface area contributed by atoms with E-state index in [1.54, 1.807) is 0 Å². The number of ether oxygens (including phenoxy) is 2. The van der Waals surface area contributed by atoms with Crippen molar-refractivity contribution in [2.75, 3.05) is 26.4 Å². The van der Waals surface area contributed by atoms with E-state index in [0.717, 1.165) is 0 Å². The van der Waals surface area contributed by atoms with Crippen molar-refractivity contribution in [1.29, 1.82) is 10.5 Å². The molecule has 0 aliphatic heterocycles. The van der Waals surface area contributed by atoms with Gasteiger partial charge in [0.05, 0.1) is 25.4 Å². The van der Waals surface area contributed by atoms with Gasteiger partial charge in [-0.1, -0.05) is 0 Å². The van der Waals surface area contributed by atoms with Gasteiger partial charge in [0.2, 0.25) is 5.88 Å². The highest BCUT2D eigenvalue weighted by atomic mass is 16.5. The predicted octanol–water partition coefficient (Wildman–Crippen LogP) is 0.213. The summed E-state index contributed by atoms with van der Waals surface area (Å²) in [5.74, 6) is 0.180. The van der Waals surface area contributed by atoms with Crippen LogP contribution < -0.4 is 4.74 Å². The van der Waals surface area contributed by atoms with Gasteiger partial charge in [0.15, 0.2) is 0 Å². The average Bonchev–Trinajstić information content (AvgIpc) is 2.38. The molecule has 1 heterocycles. The Hall–Kier alpha value is -2.15. The average molecular weight is 233 g/mol. The number of nitrogens with zero attached hydrogens (tertiary/aromatic N) is 3. The second-order valence-electron chi connectivity index (χ2n) is 2.98. The minimum atomic E-state index is -0.0431. The fourth-order valence-corrected chi connectivity index (χ4v) is 1.07. The number of aromatic nitrogens is 1. The number of aliphatic hydroxyl groups excluding tert-OH is 1. The lowest BCUT2D eigenvalue weighted by Gasteiger charge is -2.06. The minimum absolute atomic E-state index is 0.0431. The van der Waals surface area contributed by atoms with Gasteiger partial charge in [-0.3, -0.25) is 0 Å². The van der Waals surface area contributed by atoms with Crippen LogP contribution in [-0.4, -0.2) is 36.5 Å². The van der Waals surface area contributed by atoms with Gasteiger partial charge in [-0.25, -0.2) is 4.98 Å². The van der Waals surface area contributed by atoms with E-state index in [9.17, 15) is 0 Å². The van der Waals surface area contributed by atoms with E-state index in [2.05, 4.69) is 4.98 Å². The summed E-state index contributed by atoms with van der Waals surface area (Å²) in [6.45, 7) is 0.731. The third-order valence-electron chi connectivity index (χ3n) is 1.80. The molecule has 0 aromatic carbocycles. The highest BCUT2D eigenvalue weighted by molar-refractivity contribution is 5.43. The lowest BCUT2D eigenvalue weighted by atomic mass is 10.2. The molecule has 6 heteroatoms. The normalized spacial score (nSPS) is 9.35. The van der Waals surface area contributed by atoms with Gasteiger partial charge in [0, 0.05) is 6.20 Å². The summed E-state index contributed by atoms with van der Waals surface area (Å²) in [5, 5.41) is 25.9. The second kappa shape index (κ2) is 7.18. The van der Waals surface area contributed by atoms with Crippen molar-refractivity contribution in [3.63, 3.8) is 0 Å². The first-order valence-corrected chi connectivity index (χ1v) is 4.93. The number of aliphatic hydroxyl groups is 1. The molecule has 0 aliphatic rings. The quantitative estimate of drug-likeness (QED) is 0.705. The molecule has 0 amide bonds. The maximum absolute atomic E-state index is 8.84. The van der Waals surface area contributed by atoms with Crippen LogP contribution in [0.25, 0.3) is 0 Å². The summed E-state index contributed by atoms with van der Waals surface area (Å²) in [6.07, 6.45) is 1.34. The van der Waals surface area contributed by atoms with Crippen molar-refractivity contribution >= 4 is 0 Å². The molecule has 6 nitrogen and oxygen atoms in total. The number of rotatable bonds is 6. The third kappa shape index (κ3) is 4.07. The Morgan fingerprint density at radius 1 is 1.24 bits per heavy atom. The zero-order valence-electron chi connectivity index (χ0n) is 9.09. The molecule has 1 aromatic rings. The van der Waals surface area contributed by atoms with Crippen LogP contribution in [0.2, 0.25) is 0 Å². The van der Waals surface area contributed by atoms with Crippen LogP contribution in [0.15, 0.2) is 12.3 Å². The van der Waals surface area contributed by atoms with Crippen molar-refractivity contribution in [1.82, 2.24) is 4.98 Å². The summed E-state index contributed by atoms with van der Waals surface area (Å²) in [7, 11) is 0. The second-order valence-corrected chi connectivity index (χ2v) is 2.98. The van der Waals surface area contributed by atoms with Gasteiger partial charge in [0.1, 0.15) is 24.3 Å². The van der Waals surface area contributed by atoms with E-state index >= 15 is 0 Å². The summed E-state index contributed by atoms with van der Waals surface area (Å²) in [4.78, 5) is 3.87. The standard InChI is InChI=1S/C11H11N3O3/c12-6-9-5-10(7-13)11(14-8-9)17-4-3-16-2-1-15/h5,8,15H,1-4H2. The van der Waals surface area contributed by atoms with Gasteiger partial charge in [0.25, 0.3) is 0 Å². The molecule has 0 aliphatic carbocycles. The molecule has 0 saturated carbocycles. The molecule has 1 aromatic heterocycles. The number of pyridine rings is 1. The fraction of sp³-hybridized carbons (Fsp3) is 0.364. The summed E-state index contributed by atoms with van der Waals surface area (Å²) in [5.41, 5.74) is 0.525. The Balaban J connectivity index is 2.54. The Kier molecular flexibility index (Phi) is 5.45. The lowest BCUT2D eigenvalue weighted by Crippen LogP contribution is -2.10. The first-order valence-electron chi connectivity index (χ1n) is 4.93. The van der Waals surface area contributed by atoms with E-state index in [1.165, 1.54) is 12.3 Å². The van der Waals surface area contributed by atoms with Gasteiger partial charge in [-0.15, -0.1) is 0 Å². The first-order chi connectivity index (χ1) is 8.31. The van der Waals surface area contributed by atoms with Crippen LogP contribution in [0.3, 0.4) is 0 Å². The summed E-state index contributed by atoms with van der Waals surface area (Å²) < 4.78 is 10.2. The maximum atomic E-state index is 8.84. The first kappa shape index (κ1) is 12.9. The zero-order chi connectivity index (χ0) is 12.5. The molecule has 1 rings (SSSR count). The van der Waals surface area contributed by atoms with Crippen molar-refractivity contribution in [2.45, 2.75) is 0 Å². The lowest BCUT2D eigenvalue weighted by molar-refractivity contribution is 0.0694. The van der Waals surface area contributed by atoms with Crippen molar-refractivity contribution < 1.29 is 14.6 Å². The Morgan fingerprint density at radius 2 is 2.06 bits per heavy atom. The molecule has 0 atom stereocenters. The van der Waals surface area contributed by atoms with Crippen LogP contribution in [0.5, 0.6) is 5.88 Å². The number of hydrogen-bond acceptors (Lipinski definition) is 6. The van der Waals surface area contributed by atoms with E-state index in [-0.39, 0.29) is 31.3 Å². The third-order valence-corrected chi connectivity index (χ3v) is 1.80. The predicted molar refractivity (Wildman–Crippen MR) is 57.1 cm³/mol. The zero-order valence-corrected chi connectivity index (χ0v) is 9.09. The van der Waals surface area contributed by atoms with Gasteiger partial charge < -0.3 is 14.6 Å². The highest BCUT2D eigenvalue weighted by Gasteiger charge is 2.06. The molecular weight excluding hydrogens is 222 g/mol. The van der Waals surface area contributed by atoms with Crippen LogP contribution in [-0.2, 0) is 4.74 Å². The largest absolute Gasteiger partial charge is 0.474 e. The number of hydrogen-bond donors (Lipinski definition) is 1. The molecule has 0 unspecified atom stereocenters. The van der Waals surface area contributed by atoms with E-state index in [1.807, 2.05) is 12.1 Å². The molecule has 0 spiro atoms. The Bertz CT molecular complexity index is 448. The number of nitriles is 2. The molecule has 0 fully saturated rings. The van der Waals surface area contributed by atoms with Crippen LogP contribution >= 0.6 is 0 Å².